The molecule has 0 radical (unpaired) electrons. The number of rotatable bonds is 5. The number of nitrogens with zero attached hydrogens (tertiary/aromatic N) is 4. The Kier molecular flexibility index (Phi) is 5.74. The molecule has 1 aliphatic rings. The highest BCUT2D eigenvalue weighted by molar-refractivity contribution is 7.80. The average Bonchev–Trinajstić information content (AvgIpc) is 3.39. The van der Waals surface area contributed by atoms with Crippen molar-refractivity contribution < 1.29 is 0 Å². The van der Waals surface area contributed by atoms with Crippen LogP contribution in [0, 0.1) is 13.8 Å². The van der Waals surface area contributed by atoms with Gasteiger partial charge in [0.05, 0.1) is 23.5 Å². The van der Waals surface area contributed by atoms with Crippen LogP contribution in [-0.4, -0.2) is 24.5 Å². The van der Waals surface area contributed by atoms with Gasteiger partial charge in [0.2, 0.25) is 0 Å². The van der Waals surface area contributed by atoms with Crippen molar-refractivity contribution in [2.24, 2.45) is 0 Å². The van der Waals surface area contributed by atoms with Gasteiger partial charge in [0.25, 0.3) is 0 Å². The molecule has 5 nitrogen and oxygen atoms in total. The van der Waals surface area contributed by atoms with E-state index in [0.29, 0.717) is 6.54 Å². The van der Waals surface area contributed by atoms with Crippen LogP contribution in [0.3, 0.4) is 0 Å². The van der Waals surface area contributed by atoms with Crippen molar-refractivity contribution >= 4 is 28.1 Å². The molecule has 0 bridgehead atoms. The van der Waals surface area contributed by atoms with E-state index in [1.807, 2.05) is 42.9 Å². The maximum absolute atomic E-state index is 5.90. The van der Waals surface area contributed by atoms with Crippen molar-refractivity contribution in [3.63, 3.8) is 0 Å². The Morgan fingerprint density at radius 3 is 2.47 bits per heavy atom. The second-order valence-electron chi connectivity index (χ2n) is 9.27. The zero-order valence-corrected chi connectivity index (χ0v) is 21.1. The molecule has 1 N–H and O–H groups in total. The predicted octanol–water partition coefficient (Wildman–Crippen LogP) is 6.21. The second-order valence-corrected chi connectivity index (χ2v) is 9.66. The van der Waals surface area contributed by atoms with Crippen molar-refractivity contribution in [1.82, 2.24) is 24.8 Å². The van der Waals surface area contributed by atoms with Crippen molar-refractivity contribution in [1.29, 1.82) is 0 Å². The Balaban J connectivity index is 1.50. The molecule has 0 saturated carbocycles. The van der Waals surface area contributed by atoms with Crippen molar-refractivity contribution in [3.8, 4) is 5.69 Å². The number of thiocarbonyl (C=S) groups is 1. The molecule has 0 amide bonds. The average molecular weight is 490 g/mol. The molecule has 0 aliphatic carbocycles. The van der Waals surface area contributed by atoms with Gasteiger partial charge >= 0.3 is 0 Å². The number of hydrogen-bond acceptors (Lipinski definition) is 3. The smallest absolute Gasteiger partial charge is 0.170 e. The summed E-state index contributed by atoms with van der Waals surface area (Å²) in [4.78, 5) is 11.2. The topological polar surface area (TPSA) is 46.0 Å². The van der Waals surface area contributed by atoms with Gasteiger partial charge in [0.1, 0.15) is 0 Å². The number of nitrogens with one attached hydrogen (secondary N) is 1. The maximum atomic E-state index is 5.90. The maximum Gasteiger partial charge on any atom is 0.170 e. The van der Waals surface area contributed by atoms with Crippen molar-refractivity contribution in [3.05, 3.63) is 126 Å². The van der Waals surface area contributed by atoms with Crippen molar-refractivity contribution in [2.45, 2.75) is 32.5 Å². The summed E-state index contributed by atoms with van der Waals surface area (Å²) in [6.45, 7) is 5.09. The van der Waals surface area contributed by atoms with Gasteiger partial charge in [-0.1, -0.05) is 42.5 Å². The first-order chi connectivity index (χ1) is 17.6. The van der Waals surface area contributed by atoms with Gasteiger partial charge < -0.3 is 14.8 Å². The molecule has 36 heavy (non-hydrogen) atoms. The lowest BCUT2D eigenvalue weighted by atomic mass is 9.96. The molecule has 6 rings (SSSR count). The summed E-state index contributed by atoms with van der Waals surface area (Å²) < 4.78 is 2.37. The summed E-state index contributed by atoms with van der Waals surface area (Å²) in [5.41, 5.74) is 7.00. The highest BCUT2D eigenvalue weighted by atomic mass is 32.1. The van der Waals surface area contributed by atoms with Gasteiger partial charge in [0.15, 0.2) is 5.11 Å². The third-order valence-electron chi connectivity index (χ3n) is 7.10. The van der Waals surface area contributed by atoms with Crippen LogP contribution < -0.4 is 5.32 Å². The summed E-state index contributed by atoms with van der Waals surface area (Å²) in [5.74, 6) is 0. The van der Waals surface area contributed by atoms with Crippen LogP contribution in [0.1, 0.15) is 40.3 Å². The fourth-order valence-electron chi connectivity index (χ4n) is 5.46. The van der Waals surface area contributed by atoms with Crippen LogP contribution in [0.25, 0.3) is 16.5 Å². The minimum Gasteiger partial charge on any atom is -0.352 e. The highest BCUT2D eigenvalue weighted by Crippen LogP contribution is 2.42. The van der Waals surface area contributed by atoms with Gasteiger partial charge in [0, 0.05) is 41.9 Å². The first-order valence-electron chi connectivity index (χ1n) is 12.2. The zero-order chi connectivity index (χ0) is 24.6. The number of fused-ring (bicyclic) bond motifs is 1. The molecule has 1 aliphatic heterocycles. The molecule has 178 valence electrons. The largest absolute Gasteiger partial charge is 0.352 e. The van der Waals surface area contributed by atoms with E-state index >= 15 is 0 Å². The van der Waals surface area contributed by atoms with Crippen molar-refractivity contribution in [2.75, 3.05) is 0 Å². The summed E-state index contributed by atoms with van der Waals surface area (Å²) in [5, 5.41) is 6.80. The number of hydrogen-bond donors (Lipinski definition) is 1. The molecule has 1 fully saturated rings. The molecule has 3 aromatic heterocycles. The van der Waals surface area contributed by atoms with E-state index in [1.54, 1.807) is 0 Å². The third-order valence-corrected chi connectivity index (χ3v) is 7.45. The van der Waals surface area contributed by atoms with Crippen LogP contribution in [0.4, 0.5) is 0 Å². The van der Waals surface area contributed by atoms with E-state index in [4.69, 9.17) is 17.2 Å². The zero-order valence-electron chi connectivity index (χ0n) is 20.3. The summed E-state index contributed by atoms with van der Waals surface area (Å²) in [6.07, 6.45) is 5.51. The molecule has 5 aromatic rings. The normalized spacial score (nSPS) is 17.5. The first-order valence-corrected chi connectivity index (χ1v) is 12.6. The van der Waals surface area contributed by atoms with Gasteiger partial charge in [-0.3, -0.25) is 9.97 Å². The van der Waals surface area contributed by atoms with Gasteiger partial charge in [-0.25, -0.2) is 0 Å². The Bertz CT molecular complexity index is 1540. The Morgan fingerprint density at radius 1 is 0.889 bits per heavy atom. The van der Waals surface area contributed by atoms with Gasteiger partial charge in [-0.2, -0.15) is 0 Å². The fraction of sp³-hybridized carbons (Fsp3) is 0.167. The van der Waals surface area contributed by atoms with Crippen LogP contribution in [0.2, 0.25) is 0 Å². The number of benzene rings is 2. The molecular weight excluding hydrogens is 462 g/mol. The van der Waals surface area contributed by atoms with E-state index in [-0.39, 0.29) is 12.1 Å². The number of aromatic nitrogens is 3. The summed E-state index contributed by atoms with van der Waals surface area (Å²) >= 11 is 5.90. The lowest BCUT2D eigenvalue weighted by Gasteiger charge is -2.28. The fourth-order valence-corrected chi connectivity index (χ4v) is 5.77. The van der Waals surface area contributed by atoms with E-state index in [1.165, 1.54) is 39.0 Å². The molecule has 6 heteroatoms. The molecule has 0 spiro atoms. The highest BCUT2D eigenvalue weighted by Gasteiger charge is 2.41. The second kappa shape index (κ2) is 9.21. The SMILES string of the molecule is Cc1cc([C@@H]2[C@@H](c3ccccn3)NC(=S)N2Cc2ccncc2)c(C)n1-c1cccc2ccccc12. The predicted molar refractivity (Wildman–Crippen MR) is 148 cm³/mol. The summed E-state index contributed by atoms with van der Waals surface area (Å²) in [7, 11) is 0. The molecule has 0 unspecified atom stereocenters. The van der Waals surface area contributed by atoms with Crippen LogP contribution in [0.15, 0.2) is 97.5 Å². The van der Waals surface area contributed by atoms with E-state index in [2.05, 4.69) is 88.2 Å². The van der Waals surface area contributed by atoms with E-state index < -0.39 is 0 Å². The molecule has 1 saturated heterocycles. The Hall–Kier alpha value is -4.03. The minimum atomic E-state index is -0.0537. The lowest BCUT2D eigenvalue weighted by molar-refractivity contribution is 0.310. The standard InChI is InChI=1S/C30H27N5S/c1-20-18-25(21(2)35(20)27-12-7-9-23-8-3-4-10-24(23)27)29-28(26-11-5-6-15-32-26)33-30(36)34(29)19-22-13-16-31-17-14-22/h3-18,28-29H,19H2,1-2H3,(H,33,36)/t28-,29-/m1/s1. The van der Waals surface area contributed by atoms with Crippen LogP contribution in [0.5, 0.6) is 0 Å². The number of pyridine rings is 2. The van der Waals surface area contributed by atoms with E-state index in [0.717, 1.165) is 10.8 Å². The van der Waals surface area contributed by atoms with E-state index in [9.17, 15) is 0 Å². The molecule has 4 heterocycles. The molecule has 2 aromatic carbocycles. The quantitative estimate of drug-likeness (QED) is 0.297. The molecule has 2 atom stereocenters. The lowest BCUT2D eigenvalue weighted by Crippen LogP contribution is -2.29. The third kappa shape index (κ3) is 3.84. The first kappa shape index (κ1) is 22.4. The summed E-state index contributed by atoms with van der Waals surface area (Å²) in [6, 6.07) is 27.5. The van der Waals surface area contributed by atoms with Crippen LogP contribution in [-0.2, 0) is 6.54 Å². The van der Waals surface area contributed by atoms with Gasteiger partial charge in [-0.15, -0.1) is 0 Å². The molecular formula is C30H27N5S. The number of aryl methyl sites for hydroxylation is 1. The van der Waals surface area contributed by atoms with Crippen LogP contribution >= 0.6 is 12.2 Å². The Labute approximate surface area is 216 Å². The minimum absolute atomic E-state index is 0.00417. The Morgan fingerprint density at radius 2 is 1.67 bits per heavy atom. The monoisotopic (exact) mass is 489 g/mol. The van der Waals surface area contributed by atoms with Gasteiger partial charge in [-0.05, 0) is 79.0 Å².